The van der Waals surface area contributed by atoms with Gasteiger partial charge in [0, 0.05) is 0 Å². The molecule has 0 radical (unpaired) electrons. The van der Waals surface area contributed by atoms with E-state index in [1.165, 1.54) is 0 Å². The van der Waals surface area contributed by atoms with Crippen molar-refractivity contribution >= 4 is 11.0 Å². The van der Waals surface area contributed by atoms with Crippen molar-refractivity contribution in [2.45, 2.75) is 50.6 Å². The summed E-state index contributed by atoms with van der Waals surface area (Å²) in [6.07, 6.45) is 3.92. The lowest BCUT2D eigenvalue weighted by molar-refractivity contribution is 0.264. The van der Waals surface area contributed by atoms with Gasteiger partial charge < -0.3 is 0 Å². The zero-order valence-corrected chi connectivity index (χ0v) is 9.73. The Hall–Kier alpha value is -0.220. The second kappa shape index (κ2) is 4.53. The molecule has 0 amide bonds. The van der Waals surface area contributed by atoms with E-state index in [0.29, 0.717) is 12.8 Å². The number of rotatable bonds is 2. The van der Waals surface area contributed by atoms with Crippen molar-refractivity contribution in [3.05, 3.63) is 12.2 Å². The molecule has 0 bridgehead atoms. The molecule has 2 nitrogen and oxygen atoms in total. The Morgan fingerprint density at radius 1 is 1.36 bits per heavy atom. The maximum atomic E-state index is 13.3. The van der Waals surface area contributed by atoms with Crippen LogP contribution in [0.4, 0.5) is 4.39 Å². The highest BCUT2D eigenvalue weighted by Crippen LogP contribution is 2.18. The van der Waals surface area contributed by atoms with Crippen LogP contribution in [0.2, 0.25) is 0 Å². The van der Waals surface area contributed by atoms with E-state index in [1.807, 2.05) is 32.9 Å². The summed E-state index contributed by atoms with van der Waals surface area (Å²) in [6, 6.07) is -0.292. The van der Waals surface area contributed by atoms with Gasteiger partial charge in [-0.3, -0.25) is 0 Å². The number of nitrogens with one attached hydrogen (secondary N) is 1. The van der Waals surface area contributed by atoms with E-state index in [1.54, 1.807) is 0 Å². The molecule has 82 valence electrons. The molecule has 0 aromatic heterocycles. The SMILES string of the molecule is CC(C)(C)[S@@](=O)N[C@H]1CC=CC[C@H]1F. The Morgan fingerprint density at radius 3 is 2.43 bits per heavy atom. The van der Waals surface area contributed by atoms with Crippen molar-refractivity contribution in [1.29, 1.82) is 0 Å². The summed E-state index contributed by atoms with van der Waals surface area (Å²) in [5.41, 5.74) is 0. The van der Waals surface area contributed by atoms with E-state index in [2.05, 4.69) is 4.72 Å². The summed E-state index contributed by atoms with van der Waals surface area (Å²) in [7, 11) is -1.18. The van der Waals surface area contributed by atoms with Gasteiger partial charge in [-0.2, -0.15) is 0 Å². The molecule has 4 heteroatoms. The number of hydrogen-bond donors (Lipinski definition) is 1. The molecule has 0 spiro atoms. The highest BCUT2D eigenvalue weighted by atomic mass is 32.2. The second-order valence-corrected chi connectivity index (χ2v) is 6.56. The first kappa shape index (κ1) is 11.9. The standard InChI is InChI=1S/C10H18FNOS/c1-10(2,3)14(13)12-9-7-5-4-6-8(9)11/h4-5,8-9,12H,6-7H2,1-3H3/t8-,9+,14-/m1/s1. The largest absolute Gasteiger partial charge is 0.245 e. The molecular formula is C10H18FNOS. The van der Waals surface area contributed by atoms with Crippen LogP contribution in [-0.2, 0) is 11.0 Å². The van der Waals surface area contributed by atoms with E-state index >= 15 is 0 Å². The zero-order valence-electron chi connectivity index (χ0n) is 8.92. The van der Waals surface area contributed by atoms with Crippen LogP contribution in [-0.4, -0.2) is 21.2 Å². The fourth-order valence-corrected chi connectivity index (χ4v) is 2.09. The molecule has 0 heterocycles. The van der Waals surface area contributed by atoms with E-state index in [0.717, 1.165) is 0 Å². The van der Waals surface area contributed by atoms with Crippen LogP contribution in [0.15, 0.2) is 12.2 Å². The predicted molar refractivity (Wildman–Crippen MR) is 58.1 cm³/mol. The molecule has 3 atom stereocenters. The van der Waals surface area contributed by atoms with Gasteiger partial charge in [0.15, 0.2) is 0 Å². The van der Waals surface area contributed by atoms with Crippen molar-refractivity contribution in [3.8, 4) is 0 Å². The van der Waals surface area contributed by atoms with Crippen LogP contribution >= 0.6 is 0 Å². The van der Waals surface area contributed by atoms with Crippen LogP contribution in [0.5, 0.6) is 0 Å². The molecule has 0 fully saturated rings. The van der Waals surface area contributed by atoms with Gasteiger partial charge in [-0.25, -0.2) is 13.3 Å². The number of halogens is 1. The van der Waals surface area contributed by atoms with Gasteiger partial charge in [0.25, 0.3) is 0 Å². The monoisotopic (exact) mass is 219 g/mol. The maximum absolute atomic E-state index is 13.3. The van der Waals surface area contributed by atoms with Gasteiger partial charge in [-0.05, 0) is 33.6 Å². The minimum absolute atomic E-state index is 0.292. The van der Waals surface area contributed by atoms with E-state index in [9.17, 15) is 8.60 Å². The van der Waals surface area contributed by atoms with Crippen LogP contribution in [0.1, 0.15) is 33.6 Å². The Bertz CT molecular complexity index is 247. The molecule has 0 saturated carbocycles. The van der Waals surface area contributed by atoms with Crippen LogP contribution in [0, 0.1) is 0 Å². The molecule has 1 aliphatic carbocycles. The highest BCUT2D eigenvalue weighted by Gasteiger charge is 2.27. The third kappa shape index (κ3) is 3.17. The average Bonchev–Trinajstić information content (AvgIpc) is 2.07. The van der Waals surface area contributed by atoms with Gasteiger partial charge in [0.2, 0.25) is 0 Å². The van der Waals surface area contributed by atoms with Crippen LogP contribution < -0.4 is 4.72 Å². The third-order valence-electron chi connectivity index (χ3n) is 2.17. The Morgan fingerprint density at radius 2 is 1.93 bits per heavy atom. The van der Waals surface area contributed by atoms with Crippen molar-refractivity contribution in [1.82, 2.24) is 4.72 Å². The molecular weight excluding hydrogens is 201 g/mol. The van der Waals surface area contributed by atoms with Crippen LogP contribution in [0.25, 0.3) is 0 Å². The molecule has 1 rings (SSSR count). The summed E-state index contributed by atoms with van der Waals surface area (Å²) in [4.78, 5) is 0. The lowest BCUT2D eigenvalue weighted by Crippen LogP contribution is -2.44. The highest BCUT2D eigenvalue weighted by molar-refractivity contribution is 7.84. The Balaban J connectivity index is 2.52. The van der Waals surface area contributed by atoms with Crippen molar-refractivity contribution in [3.63, 3.8) is 0 Å². The van der Waals surface area contributed by atoms with Crippen molar-refractivity contribution in [2.75, 3.05) is 0 Å². The maximum Gasteiger partial charge on any atom is 0.120 e. The van der Waals surface area contributed by atoms with E-state index in [-0.39, 0.29) is 10.8 Å². The molecule has 14 heavy (non-hydrogen) atoms. The summed E-state index contributed by atoms with van der Waals surface area (Å²) < 4.78 is 27.6. The second-order valence-electron chi connectivity index (χ2n) is 4.56. The first-order valence-electron chi connectivity index (χ1n) is 4.88. The zero-order chi connectivity index (χ0) is 10.8. The predicted octanol–water partition coefficient (Wildman–Crippen LogP) is 2.09. The molecule has 0 aromatic rings. The number of hydrogen-bond acceptors (Lipinski definition) is 1. The normalized spacial score (nSPS) is 30.3. The van der Waals surface area contributed by atoms with Crippen molar-refractivity contribution < 1.29 is 8.60 Å². The summed E-state index contributed by atoms with van der Waals surface area (Å²) >= 11 is 0. The molecule has 1 aliphatic rings. The smallest absolute Gasteiger partial charge is 0.120 e. The molecule has 0 aromatic carbocycles. The van der Waals surface area contributed by atoms with Gasteiger partial charge in [-0.1, -0.05) is 12.2 Å². The lowest BCUT2D eigenvalue weighted by Gasteiger charge is -2.27. The van der Waals surface area contributed by atoms with Crippen LogP contribution in [0.3, 0.4) is 0 Å². The summed E-state index contributed by atoms with van der Waals surface area (Å²) in [6.45, 7) is 5.63. The summed E-state index contributed by atoms with van der Waals surface area (Å²) in [5.74, 6) is 0. The Kier molecular flexibility index (Phi) is 3.84. The average molecular weight is 219 g/mol. The Labute approximate surface area is 87.6 Å². The van der Waals surface area contributed by atoms with E-state index < -0.39 is 17.2 Å². The van der Waals surface area contributed by atoms with Gasteiger partial charge in [-0.15, -0.1) is 0 Å². The minimum atomic E-state index is -1.18. The topological polar surface area (TPSA) is 29.1 Å². The fourth-order valence-electron chi connectivity index (χ4n) is 1.22. The van der Waals surface area contributed by atoms with Gasteiger partial charge in [0.05, 0.1) is 21.8 Å². The summed E-state index contributed by atoms with van der Waals surface area (Å²) in [5, 5.41) is 0. The van der Waals surface area contributed by atoms with Gasteiger partial charge >= 0.3 is 0 Å². The third-order valence-corrected chi connectivity index (χ3v) is 3.80. The lowest BCUT2D eigenvalue weighted by atomic mass is 10.0. The molecule has 0 aliphatic heterocycles. The fraction of sp³-hybridized carbons (Fsp3) is 0.800. The van der Waals surface area contributed by atoms with Gasteiger partial charge in [0.1, 0.15) is 6.17 Å². The molecule has 1 N–H and O–H groups in total. The van der Waals surface area contributed by atoms with E-state index in [4.69, 9.17) is 0 Å². The first-order valence-corrected chi connectivity index (χ1v) is 6.03. The first-order chi connectivity index (χ1) is 6.41. The molecule has 0 saturated heterocycles. The van der Waals surface area contributed by atoms with Crippen molar-refractivity contribution in [2.24, 2.45) is 0 Å². The number of alkyl halides is 1. The minimum Gasteiger partial charge on any atom is -0.245 e. The number of allylic oxidation sites excluding steroid dienone is 1. The quantitative estimate of drug-likeness (QED) is 0.708. The molecule has 0 unspecified atom stereocenters.